The maximum Gasteiger partial charge on any atom is 0.255 e. The van der Waals surface area contributed by atoms with Gasteiger partial charge in [0.05, 0.1) is 7.11 Å². The summed E-state index contributed by atoms with van der Waals surface area (Å²) in [5, 5.41) is 3.52. The molecule has 31 heavy (non-hydrogen) atoms. The van der Waals surface area contributed by atoms with E-state index in [1.165, 1.54) is 49.8 Å². The third kappa shape index (κ3) is 6.48. The van der Waals surface area contributed by atoms with Crippen molar-refractivity contribution in [2.75, 3.05) is 12.4 Å². The minimum Gasteiger partial charge on any atom is -0.495 e. The van der Waals surface area contributed by atoms with Crippen molar-refractivity contribution in [1.29, 1.82) is 0 Å². The van der Waals surface area contributed by atoms with E-state index in [0.717, 1.165) is 0 Å². The van der Waals surface area contributed by atoms with E-state index in [-0.39, 0.29) is 22.1 Å². The predicted molar refractivity (Wildman–Crippen MR) is 126 cm³/mol. The summed E-state index contributed by atoms with van der Waals surface area (Å²) < 4.78 is 33.4. The van der Waals surface area contributed by atoms with Crippen LogP contribution < -0.4 is 14.8 Å². The fraction of sp³-hybridized carbons (Fsp3) is 0.435. The van der Waals surface area contributed by atoms with Crippen molar-refractivity contribution in [2.24, 2.45) is 0 Å². The van der Waals surface area contributed by atoms with E-state index in [2.05, 4.69) is 10.0 Å². The molecular weight excluding hydrogens is 432 g/mol. The Balaban J connectivity index is 1.75. The molecule has 168 valence electrons. The van der Waals surface area contributed by atoms with E-state index in [4.69, 9.17) is 4.74 Å². The van der Waals surface area contributed by atoms with Crippen LogP contribution >= 0.6 is 11.8 Å². The number of hydrogen-bond acceptors (Lipinski definition) is 5. The molecule has 1 amide bonds. The van der Waals surface area contributed by atoms with Crippen LogP contribution in [0.25, 0.3) is 0 Å². The topological polar surface area (TPSA) is 84.5 Å². The van der Waals surface area contributed by atoms with Crippen molar-refractivity contribution >= 4 is 33.4 Å². The van der Waals surface area contributed by atoms with Gasteiger partial charge in [-0.3, -0.25) is 4.79 Å². The molecule has 8 heteroatoms. The zero-order valence-electron chi connectivity index (χ0n) is 18.4. The lowest BCUT2D eigenvalue weighted by molar-refractivity contribution is 0.102. The third-order valence-electron chi connectivity index (χ3n) is 4.87. The molecule has 1 aliphatic carbocycles. The summed E-state index contributed by atoms with van der Waals surface area (Å²) in [7, 11) is -2.47. The van der Waals surface area contributed by atoms with Gasteiger partial charge in [0.1, 0.15) is 10.6 Å². The van der Waals surface area contributed by atoms with Gasteiger partial charge in [-0.05, 0) is 76.1 Å². The Morgan fingerprint density at radius 3 is 2.29 bits per heavy atom. The van der Waals surface area contributed by atoms with Gasteiger partial charge in [0.2, 0.25) is 10.0 Å². The zero-order valence-corrected chi connectivity index (χ0v) is 20.0. The largest absolute Gasteiger partial charge is 0.495 e. The van der Waals surface area contributed by atoms with Crippen LogP contribution in [0.4, 0.5) is 5.69 Å². The summed E-state index contributed by atoms with van der Waals surface area (Å²) in [6, 6.07) is 12.1. The molecule has 3 rings (SSSR count). The molecule has 2 N–H and O–H groups in total. The summed E-state index contributed by atoms with van der Waals surface area (Å²) in [5.74, 6) is -0.201. The first-order valence-corrected chi connectivity index (χ1v) is 12.7. The fourth-order valence-electron chi connectivity index (χ4n) is 3.50. The Labute approximate surface area is 189 Å². The number of carbonyl (C=O) groups is 1. The molecule has 1 fully saturated rings. The van der Waals surface area contributed by atoms with Gasteiger partial charge in [-0.25, -0.2) is 13.1 Å². The second-order valence-corrected chi connectivity index (χ2v) is 11.7. The standard InChI is InChI=1S/C23H30N2O4S2/c1-23(2,3)25-31(27,28)21-15-16(9-14-20(21)29-4)22(26)24-17-10-12-19(13-11-17)30-18-7-5-6-8-18/h9-15,18,25H,5-8H2,1-4H3,(H,24,26). The lowest BCUT2D eigenvalue weighted by atomic mass is 10.1. The Bertz CT molecular complexity index is 1020. The molecule has 0 bridgehead atoms. The smallest absolute Gasteiger partial charge is 0.255 e. The number of amides is 1. The van der Waals surface area contributed by atoms with E-state index in [9.17, 15) is 13.2 Å². The molecule has 0 radical (unpaired) electrons. The quantitative estimate of drug-likeness (QED) is 0.601. The van der Waals surface area contributed by atoms with Crippen LogP contribution in [0.3, 0.4) is 0 Å². The Morgan fingerprint density at radius 2 is 1.71 bits per heavy atom. The average Bonchev–Trinajstić information content (AvgIpc) is 3.20. The number of benzene rings is 2. The number of hydrogen-bond donors (Lipinski definition) is 2. The molecule has 1 saturated carbocycles. The first-order valence-electron chi connectivity index (χ1n) is 10.4. The molecular formula is C23H30N2O4S2. The first kappa shape index (κ1) is 23.6. The lowest BCUT2D eigenvalue weighted by Gasteiger charge is -2.21. The molecule has 0 heterocycles. The van der Waals surface area contributed by atoms with Crippen LogP contribution in [0, 0.1) is 0 Å². The molecule has 0 spiro atoms. The lowest BCUT2D eigenvalue weighted by Crippen LogP contribution is -2.40. The molecule has 1 aliphatic rings. The van der Waals surface area contributed by atoms with Gasteiger partial charge in [-0.1, -0.05) is 12.8 Å². The van der Waals surface area contributed by atoms with Crippen LogP contribution in [0.1, 0.15) is 56.8 Å². The maximum atomic E-state index is 12.8. The second-order valence-electron chi connectivity index (χ2n) is 8.72. The van der Waals surface area contributed by atoms with Crippen molar-refractivity contribution in [1.82, 2.24) is 4.72 Å². The molecule has 0 saturated heterocycles. The Hall–Kier alpha value is -2.03. The third-order valence-corrected chi connectivity index (χ3v) is 8.00. The van der Waals surface area contributed by atoms with Gasteiger partial charge in [-0.2, -0.15) is 0 Å². The van der Waals surface area contributed by atoms with E-state index in [0.29, 0.717) is 10.9 Å². The average molecular weight is 463 g/mol. The molecule has 0 aromatic heterocycles. The number of nitrogens with one attached hydrogen (secondary N) is 2. The van der Waals surface area contributed by atoms with Crippen molar-refractivity contribution in [3.63, 3.8) is 0 Å². The van der Waals surface area contributed by atoms with Gasteiger partial charge in [-0.15, -0.1) is 11.8 Å². The molecule has 0 aliphatic heterocycles. The van der Waals surface area contributed by atoms with Crippen LogP contribution in [0.2, 0.25) is 0 Å². The number of thioether (sulfide) groups is 1. The molecule has 0 atom stereocenters. The number of anilines is 1. The highest BCUT2D eigenvalue weighted by molar-refractivity contribution is 8.00. The van der Waals surface area contributed by atoms with Crippen LogP contribution in [-0.4, -0.2) is 32.2 Å². The summed E-state index contributed by atoms with van der Waals surface area (Å²) in [4.78, 5) is 13.9. The van der Waals surface area contributed by atoms with Crippen molar-refractivity contribution < 1.29 is 17.9 Å². The molecule has 6 nitrogen and oxygen atoms in total. The van der Waals surface area contributed by atoms with Crippen LogP contribution in [0.15, 0.2) is 52.3 Å². The number of sulfonamides is 1. The van der Waals surface area contributed by atoms with Gasteiger partial charge in [0.25, 0.3) is 5.91 Å². The highest BCUT2D eigenvalue weighted by Crippen LogP contribution is 2.35. The maximum absolute atomic E-state index is 12.8. The number of methoxy groups -OCH3 is 1. The van der Waals surface area contributed by atoms with E-state index in [1.54, 1.807) is 26.8 Å². The summed E-state index contributed by atoms with van der Waals surface area (Å²) >= 11 is 1.89. The van der Waals surface area contributed by atoms with Crippen molar-refractivity contribution in [3.05, 3.63) is 48.0 Å². The Morgan fingerprint density at radius 1 is 1.06 bits per heavy atom. The normalized spacial score (nSPS) is 15.1. The highest BCUT2D eigenvalue weighted by Gasteiger charge is 2.26. The summed E-state index contributed by atoms with van der Waals surface area (Å²) in [5.41, 5.74) is 0.230. The number of carbonyl (C=O) groups excluding carboxylic acids is 1. The minimum atomic E-state index is -3.86. The van der Waals surface area contributed by atoms with Crippen LogP contribution in [0.5, 0.6) is 5.75 Å². The van der Waals surface area contributed by atoms with Gasteiger partial charge < -0.3 is 10.1 Å². The number of ether oxygens (including phenoxy) is 1. The van der Waals surface area contributed by atoms with Gasteiger partial charge >= 0.3 is 0 Å². The molecule has 2 aromatic rings. The Kier molecular flexibility index (Phi) is 7.34. The van der Waals surface area contributed by atoms with Crippen molar-refractivity contribution in [2.45, 2.75) is 67.0 Å². The van der Waals surface area contributed by atoms with E-state index in [1.807, 2.05) is 36.0 Å². The first-order chi connectivity index (χ1) is 14.6. The fourth-order valence-corrected chi connectivity index (χ4v) is 6.37. The monoisotopic (exact) mass is 462 g/mol. The highest BCUT2D eigenvalue weighted by atomic mass is 32.2. The van der Waals surface area contributed by atoms with E-state index < -0.39 is 15.6 Å². The van der Waals surface area contributed by atoms with E-state index >= 15 is 0 Å². The predicted octanol–water partition coefficient (Wildman–Crippen LogP) is 5.06. The molecule has 2 aromatic carbocycles. The van der Waals surface area contributed by atoms with Gasteiger partial charge in [0, 0.05) is 26.9 Å². The molecule has 0 unspecified atom stereocenters. The van der Waals surface area contributed by atoms with Gasteiger partial charge in [0.15, 0.2) is 0 Å². The van der Waals surface area contributed by atoms with Crippen molar-refractivity contribution in [3.8, 4) is 5.75 Å². The summed E-state index contributed by atoms with van der Waals surface area (Å²) in [6.07, 6.45) is 5.12. The van der Waals surface area contributed by atoms with Crippen LogP contribution in [-0.2, 0) is 10.0 Å². The second kappa shape index (κ2) is 9.63. The SMILES string of the molecule is COc1ccc(C(=O)Nc2ccc(SC3CCCC3)cc2)cc1S(=O)(=O)NC(C)(C)C. The number of rotatable bonds is 7. The minimum absolute atomic E-state index is 0.0686. The summed E-state index contributed by atoms with van der Waals surface area (Å²) in [6.45, 7) is 5.26. The zero-order chi connectivity index (χ0) is 22.6.